The Hall–Kier alpha value is -2.62. The molecule has 0 aliphatic heterocycles. The second-order valence-electron chi connectivity index (χ2n) is 5.66. The zero-order valence-corrected chi connectivity index (χ0v) is 13.8. The summed E-state index contributed by atoms with van der Waals surface area (Å²) in [6.45, 7) is 5.82. The van der Waals surface area contributed by atoms with E-state index in [1.54, 1.807) is 0 Å². The van der Waals surface area contributed by atoms with E-state index in [2.05, 4.69) is 10.6 Å². The molecule has 2 amide bonds. The number of aryl methyl sites for hydroxylation is 2. The average Bonchev–Trinajstić information content (AvgIpc) is 2.52. The Labute approximate surface area is 136 Å². The Kier molecular flexibility index (Phi) is 5.52. The van der Waals surface area contributed by atoms with Gasteiger partial charge in [0.25, 0.3) is 0 Å². The highest BCUT2D eigenvalue weighted by Crippen LogP contribution is 2.17. The topological polar surface area (TPSA) is 58.2 Å². The maximum atomic E-state index is 12.1. The summed E-state index contributed by atoms with van der Waals surface area (Å²) in [6.07, 6.45) is 0.919. The lowest BCUT2D eigenvalue weighted by Crippen LogP contribution is -2.19. The van der Waals surface area contributed by atoms with Gasteiger partial charge in [-0.05, 0) is 49.2 Å². The number of Topliss-reactive ketones (excluding diaryl/α,β-unsaturated/α-hetero) is 1. The normalized spacial score (nSPS) is 10.2. The molecular formula is C19H22N2O2. The number of benzene rings is 2. The Morgan fingerprint density at radius 2 is 1.52 bits per heavy atom. The standard InChI is InChI=1S/C19H22N2O2/c1-4-18(22)12-15-11-17(10-7-14(15)3)21-19(23)20-16-8-5-13(2)6-9-16/h5-11H,4,12H2,1-3H3,(H2,20,21,23). The van der Waals surface area contributed by atoms with E-state index >= 15 is 0 Å². The van der Waals surface area contributed by atoms with Crippen LogP contribution < -0.4 is 10.6 Å². The van der Waals surface area contributed by atoms with Crippen molar-refractivity contribution in [1.29, 1.82) is 0 Å². The van der Waals surface area contributed by atoms with Gasteiger partial charge in [0.15, 0.2) is 0 Å². The second-order valence-corrected chi connectivity index (χ2v) is 5.66. The van der Waals surface area contributed by atoms with Gasteiger partial charge in [-0.3, -0.25) is 4.79 Å². The molecule has 4 nitrogen and oxygen atoms in total. The monoisotopic (exact) mass is 310 g/mol. The van der Waals surface area contributed by atoms with Crippen LogP contribution >= 0.6 is 0 Å². The van der Waals surface area contributed by atoms with Crippen LogP contribution in [0.2, 0.25) is 0 Å². The molecule has 0 radical (unpaired) electrons. The summed E-state index contributed by atoms with van der Waals surface area (Å²) in [5.41, 5.74) is 4.56. The van der Waals surface area contributed by atoms with Gasteiger partial charge < -0.3 is 10.6 Å². The van der Waals surface area contributed by atoms with Crippen molar-refractivity contribution in [3.05, 3.63) is 59.2 Å². The number of hydrogen-bond acceptors (Lipinski definition) is 2. The van der Waals surface area contributed by atoms with Gasteiger partial charge in [0.05, 0.1) is 0 Å². The predicted molar refractivity (Wildman–Crippen MR) is 94.0 cm³/mol. The molecule has 0 aromatic heterocycles. The second kappa shape index (κ2) is 7.58. The lowest BCUT2D eigenvalue weighted by Gasteiger charge is -2.11. The molecule has 0 aliphatic carbocycles. The number of rotatable bonds is 5. The number of urea groups is 1. The molecule has 2 rings (SSSR count). The van der Waals surface area contributed by atoms with E-state index < -0.39 is 0 Å². The van der Waals surface area contributed by atoms with Crippen LogP contribution in [-0.2, 0) is 11.2 Å². The third-order valence-electron chi connectivity index (χ3n) is 3.70. The van der Waals surface area contributed by atoms with Crippen LogP contribution in [0.5, 0.6) is 0 Å². The van der Waals surface area contributed by atoms with Crippen molar-refractivity contribution >= 4 is 23.2 Å². The Balaban J connectivity index is 2.04. The number of anilines is 2. The first-order valence-corrected chi connectivity index (χ1v) is 7.74. The van der Waals surface area contributed by atoms with E-state index in [0.717, 1.165) is 22.4 Å². The number of carbonyl (C=O) groups is 2. The van der Waals surface area contributed by atoms with Crippen LogP contribution in [0.1, 0.15) is 30.0 Å². The lowest BCUT2D eigenvalue weighted by atomic mass is 10.0. The molecule has 0 spiro atoms. The van der Waals surface area contributed by atoms with Crippen molar-refractivity contribution in [3.8, 4) is 0 Å². The van der Waals surface area contributed by atoms with Crippen LogP contribution in [0.3, 0.4) is 0 Å². The zero-order chi connectivity index (χ0) is 16.8. The number of ketones is 1. The third-order valence-corrected chi connectivity index (χ3v) is 3.70. The molecule has 0 aliphatic rings. The fourth-order valence-corrected chi connectivity index (χ4v) is 2.21. The predicted octanol–water partition coefficient (Wildman–Crippen LogP) is 4.47. The van der Waals surface area contributed by atoms with Gasteiger partial charge in [0, 0.05) is 24.2 Å². The minimum atomic E-state index is -0.300. The summed E-state index contributed by atoms with van der Waals surface area (Å²) in [5, 5.41) is 5.59. The van der Waals surface area contributed by atoms with Crippen molar-refractivity contribution in [3.63, 3.8) is 0 Å². The van der Waals surface area contributed by atoms with Crippen LogP contribution in [0, 0.1) is 13.8 Å². The summed E-state index contributed by atoms with van der Waals surface area (Å²) in [5.74, 6) is 0.189. The SMILES string of the molecule is CCC(=O)Cc1cc(NC(=O)Nc2ccc(C)cc2)ccc1C. The quantitative estimate of drug-likeness (QED) is 0.856. The van der Waals surface area contributed by atoms with E-state index in [1.165, 1.54) is 0 Å². The molecule has 0 atom stereocenters. The number of amides is 2. The summed E-state index contributed by atoms with van der Waals surface area (Å²) in [4.78, 5) is 23.7. The van der Waals surface area contributed by atoms with Crippen LogP contribution in [0.15, 0.2) is 42.5 Å². The van der Waals surface area contributed by atoms with Gasteiger partial charge in [-0.1, -0.05) is 30.7 Å². The first-order valence-electron chi connectivity index (χ1n) is 7.74. The van der Waals surface area contributed by atoms with Gasteiger partial charge >= 0.3 is 6.03 Å². The highest BCUT2D eigenvalue weighted by Gasteiger charge is 2.08. The van der Waals surface area contributed by atoms with Crippen molar-refractivity contribution in [2.24, 2.45) is 0 Å². The number of carbonyl (C=O) groups excluding carboxylic acids is 2. The average molecular weight is 310 g/mol. The maximum Gasteiger partial charge on any atom is 0.323 e. The summed E-state index contributed by atoms with van der Waals surface area (Å²) in [6, 6.07) is 12.9. The lowest BCUT2D eigenvalue weighted by molar-refractivity contribution is -0.118. The number of hydrogen-bond donors (Lipinski definition) is 2. The maximum absolute atomic E-state index is 12.1. The molecule has 0 saturated carbocycles. The van der Waals surface area contributed by atoms with Crippen LogP contribution in [0.25, 0.3) is 0 Å². The third kappa shape index (κ3) is 4.95. The van der Waals surface area contributed by atoms with Gasteiger partial charge in [-0.25, -0.2) is 4.79 Å². The Morgan fingerprint density at radius 1 is 0.913 bits per heavy atom. The van der Waals surface area contributed by atoms with E-state index in [9.17, 15) is 9.59 Å². The number of nitrogens with one attached hydrogen (secondary N) is 2. The minimum absolute atomic E-state index is 0.189. The Bertz CT molecular complexity index is 706. The van der Waals surface area contributed by atoms with Crippen molar-refractivity contribution in [1.82, 2.24) is 0 Å². The first-order chi connectivity index (χ1) is 11.0. The molecule has 0 unspecified atom stereocenters. The van der Waals surface area contributed by atoms with Gasteiger partial charge in [-0.2, -0.15) is 0 Å². The van der Waals surface area contributed by atoms with E-state index in [-0.39, 0.29) is 11.8 Å². The minimum Gasteiger partial charge on any atom is -0.308 e. The fraction of sp³-hybridized carbons (Fsp3) is 0.263. The molecule has 2 N–H and O–H groups in total. The van der Waals surface area contributed by atoms with Crippen molar-refractivity contribution < 1.29 is 9.59 Å². The van der Waals surface area contributed by atoms with E-state index in [1.807, 2.05) is 63.2 Å². The highest BCUT2D eigenvalue weighted by molar-refractivity contribution is 5.99. The Morgan fingerprint density at radius 3 is 2.17 bits per heavy atom. The summed E-state index contributed by atoms with van der Waals surface area (Å²) < 4.78 is 0. The molecule has 0 fully saturated rings. The smallest absolute Gasteiger partial charge is 0.308 e. The molecule has 23 heavy (non-hydrogen) atoms. The summed E-state index contributed by atoms with van der Waals surface area (Å²) >= 11 is 0. The highest BCUT2D eigenvalue weighted by atomic mass is 16.2. The molecular weight excluding hydrogens is 288 g/mol. The van der Waals surface area contributed by atoms with Gasteiger partial charge in [0.1, 0.15) is 5.78 Å². The molecule has 0 saturated heterocycles. The summed E-state index contributed by atoms with van der Waals surface area (Å²) in [7, 11) is 0. The van der Waals surface area contributed by atoms with E-state index in [4.69, 9.17) is 0 Å². The van der Waals surface area contributed by atoms with Gasteiger partial charge in [0.2, 0.25) is 0 Å². The van der Waals surface area contributed by atoms with Crippen LogP contribution in [-0.4, -0.2) is 11.8 Å². The first kappa shape index (κ1) is 16.7. The van der Waals surface area contributed by atoms with Crippen molar-refractivity contribution in [2.45, 2.75) is 33.6 Å². The molecule has 2 aromatic carbocycles. The molecule has 4 heteroatoms. The largest absolute Gasteiger partial charge is 0.323 e. The zero-order valence-electron chi connectivity index (χ0n) is 13.8. The molecule has 0 heterocycles. The molecule has 0 bridgehead atoms. The molecule has 120 valence electrons. The van der Waals surface area contributed by atoms with E-state index in [0.29, 0.717) is 18.5 Å². The van der Waals surface area contributed by atoms with Gasteiger partial charge in [-0.15, -0.1) is 0 Å². The van der Waals surface area contributed by atoms with Crippen molar-refractivity contribution in [2.75, 3.05) is 10.6 Å². The van der Waals surface area contributed by atoms with Crippen LogP contribution in [0.4, 0.5) is 16.2 Å². The fourth-order valence-electron chi connectivity index (χ4n) is 2.21. The molecule has 2 aromatic rings.